The van der Waals surface area contributed by atoms with Gasteiger partial charge in [0.2, 0.25) is 0 Å². The molecule has 0 saturated carbocycles. The van der Waals surface area contributed by atoms with E-state index in [4.69, 9.17) is 14.2 Å². The molecular weight excluding hydrogens is 574 g/mol. The van der Waals surface area contributed by atoms with Gasteiger partial charge in [0.25, 0.3) is 0 Å². The maximum absolute atomic E-state index is 12.1. The van der Waals surface area contributed by atoms with Gasteiger partial charge in [-0.05, 0) is 66.3 Å². The van der Waals surface area contributed by atoms with Crippen LogP contribution in [0.25, 0.3) is 11.1 Å². The number of ether oxygens (including phenoxy) is 3. The van der Waals surface area contributed by atoms with Crippen LogP contribution < -0.4 is 10.6 Å². The third kappa shape index (κ3) is 8.90. The molecule has 2 heterocycles. The molecule has 0 radical (unpaired) electrons. The Morgan fingerprint density at radius 2 is 1.71 bits per heavy atom. The highest BCUT2D eigenvalue weighted by Crippen LogP contribution is 2.39. The third-order valence-electron chi connectivity index (χ3n) is 8.33. The van der Waals surface area contributed by atoms with Crippen molar-refractivity contribution >= 4 is 12.0 Å². The van der Waals surface area contributed by atoms with Crippen LogP contribution in [0.15, 0.2) is 72.8 Å². The molecule has 4 atom stereocenters. The van der Waals surface area contributed by atoms with E-state index in [0.29, 0.717) is 13.0 Å². The molecule has 240 valence electrons. The number of likely N-dealkylation sites (tertiary alicyclic amines) is 1. The number of urea groups is 1. The topological polar surface area (TPSA) is 130 Å². The first-order valence-electron chi connectivity index (χ1n) is 15.7. The highest BCUT2D eigenvalue weighted by Gasteiger charge is 2.35. The van der Waals surface area contributed by atoms with E-state index in [9.17, 15) is 19.8 Å². The molecule has 2 saturated heterocycles. The summed E-state index contributed by atoms with van der Waals surface area (Å²) in [6, 6.07) is 23.6. The molecule has 0 aromatic heterocycles. The quantitative estimate of drug-likeness (QED) is 0.223. The molecule has 5 rings (SSSR count). The van der Waals surface area contributed by atoms with Gasteiger partial charge in [-0.15, -0.1) is 0 Å². The van der Waals surface area contributed by atoms with Crippen LogP contribution in [-0.2, 0) is 32.2 Å². The predicted octanol–water partition coefficient (Wildman–Crippen LogP) is 4.21. The maximum Gasteiger partial charge on any atom is 0.325 e. The van der Waals surface area contributed by atoms with Crippen LogP contribution in [0.4, 0.5) is 4.79 Å². The predicted molar refractivity (Wildman–Crippen MR) is 169 cm³/mol. The van der Waals surface area contributed by atoms with E-state index in [-0.39, 0.29) is 44.6 Å². The highest BCUT2D eigenvalue weighted by molar-refractivity contribution is 5.80. The smallest absolute Gasteiger partial charge is 0.325 e. The number of nitrogens with one attached hydrogen (secondary N) is 2. The number of aliphatic hydroxyl groups is 2. The number of amides is 2. The largest absolute Gasteiger partial charge is 0.465 e. The van der Waals surface area contributed by atoms with E-state index >= 15 is 0 Å². The lowest BCUT2D eigenvalue weighted by Crippen LogP contribution is -2.42. The average molecular weight is 618 g/mol. The van der Waals surface area contributed by atoms with Crippen LogP contribution in [0.2, 0.25) is 0 Å². The Morgan fingerprint density at radius 3 is 2.47 bits per heavy atom. The van der Waals surface area contributed by atoms with Gasteiger partial charge >= 0.3 is 12.0 Å². The zero-order chi connectivity index (χ0) is 31.6. The maximum atomic E-state index is 12.1. The van der Waals surface area contributed by atoms with E-state index in [1.54, 1.807) is 6.92 Å². The van der Waals surface area contributed by atoms with Gasteiger partial charge in [0.1, 0.15) is 6.54 Å². The second-order valence-electron chi connectivity index (χ2n) is 11.5. The molecule has 4 unspecified atom stereocenters. The first kappa shape index (κ1) is 32.6. The lowest BCUT2D eigenvalue weighted by Gasteiger charge is -2.38. The van der Waals surface area contributed by atoms with Crippen molar-refractivity contribution in [3.8, 4) is 11.1 Å². The Bertz CT molecular complexity index is 1420. The molecular formula is C35H43N3O7. The Morgan fingerprint density at radius 1 is 0.933 bits per heavy atom. The Hall–Kier alpha value is -3.80. The zero-order valence-corrected chi connectivity index (χ0v) is 25.7. The van der Waals surface area contributed by atoms with Crippen molar-refractivity contribution in [1.82, 2.24) is 15.5 Å². The molecule has 2 amide bonds. The standard InChI is InChI=1S/C35H43N3O7/c1-2-43-33(41)20-37-35(42)36-19-25-6-3-7-27(16-25)28-8-4-9-29(17-28)34-44-31(21-38-15-5-10-30(38)23-40)18-32(45-34)26-13-11-24(22-39)12-14-26/h3-4,6-9,11-14,16-17,30-32,34,39-40H,2,5,10,15,18-23H2,1H3,(H2,36,37,42). The van der Waals surface area contributed by atoms with Crippen molar-refractivity contribution in [2.45, 2.75) is 63.9 Å². The summed E-state index contributed by atoms with van der Waals surface area (Å²) in [6.45, 7) is 3.89. The molecule has 0 aliphatic carbocycles. The minimum atomic E-state index is -0.589. The number of carbonyl (C=O) groups is 2. The van der Waals surface area contributed by atoms with Crippen molar-refractivity contribution in [2.24, 2.45) is 0 Å². The normalized spacial score (nSPS) is 21.8. The molecule has 10 nitrogen and oxygen atoms in total. The van der Waals surface area contributed by atoms with Crippen LogP contribution in [0.1, 0.15) is 60.8 Å². The van der Waals surface area contributed by atoms with Crippen LogP contribution >= 0.6 is 0 Å². The van der Waals surface area contributed by atoms with E-state index in [0.717, 1.165) is 59.3 Å². The second kappa shape index (κ2) is 16.0. The van der Waals surface area contributed by atoms with E-state index in [2.05, 4.69) is 21.6 Å². The van der Waals surface area contributed by atoms with Crippen molar-refractivity contribution in [3.63, 3.8) is 0 Å². The Kier molecular flexibility index (Phi) is 11.6. The summed E-state index contributed by atoms with van der Waals surface area (Å²) < 4.78 is 18.0. The number of benzene rings is 3. The van der Waals surface area contributed by atoms with E-state index in [1.807, 2.05) is 66.7 Å². The molecule has 10 heteroatoms. The number of rotatable bonds is 12. The molecule has 0 spiro atoms. The molecule has 2 fully saturated rings. The van der Waals surface area contributed by atoms with Crippen molar-refractivity contribution in [1.29, 1.82) is 0 Å². The van der Waals surface area contributed by atoms with Crippen LogP contribution in [-0.4, -0.2) is 72.1 Å². The van der Waals surface area contributed by atoms with Gasteiger partial charge in [0.05, 0.1) is 32.0 Å². The number of carbonyl (C=O) groups excluding carboxylic acids is 2. The monoisotopic (exact) mass is 617 g/mol. The second-order valence-corrected chi connectivity index (χ2v) is 11.5. The minimum Gasteiger partial charge on any atom is -0.465 e. The van der Waals surface area contributed by atoms with Gasteiger partial charge in [0.15, 0.2) is 6.29 Å². The Balaban J connectivity index is 1.30. The molecule has 4 N–H and O–H groups in total. The zero-order valence-electron chi connectivity index (χ0n) is 25.7. The van der Waals surface area contributed by atoms with Crippen molar-refractivity contribution < 1.29 is 34.0 Å². The van der Waals surface area contributed by atoms with Gasteiger partial charge in [-0.3, -0.25) is 9.69 Å². The number of hydrogen-bond donors (Lipinski definition) is 4. The van der Waals surface area contributed by atoms with Crippen LogP contribution in [0.3, 0.4) is 0 Å². The number of aliphatic hydroxyl groups excluding tert-OH is 2. The highest BCUT2D eigenvalue weighted by atomic mass is 16.7. The van der Waals surface area contributed by atoms with E-state index in [1.165, 1.54) is 0 Å². The molecule has 2 aliphatic heterocycles. The minimum absolute atomic E-state index is 0.00951. The SMILES string of the molecule is CCOC(=O)CNC(=O)NCc1cccc(-c2cccc(C3OC(CN4CCCC4CO)CC(c4ccc(CO)cc4)O3)c2)c1. The van der Waals surface area contributed by atoms with Crippen molar-refractivity contribution in [3.05, 3.63) is 95.1 Å². The molecule has 45 heavy (non-hydrogen) atoms. The summed E-state index contributed by atoms with van der Waals surface area (Å²) in [6.07, 6.45) is 1.87. The summed E-state index contributed by atoms with van der Waals surface area (Å²) in [4.78, 5) is 26.0. The molecule has 2 aliphatic rings. The average Bonchev–Trinajstić information content (AvgIpc) is 3.53. The molecule has 3 aromatic rings. The van der Waals surface area contributed by atoms with Gasteiger partial charge < -0.3 is 35.1 Å². The molecule has 0 bridgehead atoms. The van der Waals surface area contributed by atoms with Gasteiger partial charge in [-0.1, -0.05) is 60.7 Å². The lowest BCUT2D eigenvalue weighted by molar-refractivity contribution is -0.253. The van der Waals surface area contributed by atoms with Gasteiger partial charge in [-0.25, -0.2) is 4.79 Å². The fourth-order valence-electron chi connectivity index (χ4n) is 5.97. The fraction of sp³-hybridized carbons (Fsp3) is 0.429. The molecule has 3 aromatic carbocycles. The summed E-state index contributed by atoms with van der Waals surface area (Å²) in [5, 5.41) is 24.7. The number of hydrogen-bond acceptors (Lipinski definition) is 8. The first-order chi connectivity index (χ1) is 21.9. The van der Waals surface area contributed by atoms with E-state index < -0.39 is 18.3 Å². The summed E-state index contributed by atoms with van der Waals surface area (Å²) in [7, 11) is 0. The van der Waals surface area contributed by atoms with Crippen LogP contribution in [0.5, 0.6) is 0 Å². The summed E-state index contributed by atoms with van der Waals surface area (Å²) in [5.74, 6) is -0.483. The fourth-order valence-corrected chi connectivity index (χ4v) is 5.97. The van der Waals surface area contributed by atoms with Crippen LogP contribution in [0, 0.1) is 0 Å². The summed E-state index contributed by atoms with van der Waals surface area (Å²) in [5.41, 5.74) is 5.66. The number of nitrogens with zero attached hydrogens (tertiary/aromatic N) is 1. The first-order valence-corrected chi connectivity index (χ1v) is 15.7. The Labute approximate surface area is 264 Å². The van der Waals surface area contributed by atoms with Gasteiger partial charge in [0, 0.05) is 31.1 Å². The third-order valence-corrected chi connectivity index (χ3v) is 8.33. The number of esters is 1. The summed E-state index contributed by atoms with van der Waals surface area (Å²) >= 11 is 0. The lowest BCUT2D eigenvalue weighted by atomic mass is 9.98. The van der Waals surface area contributed by atoms with Gasteiger partial charge in [-0.2, -0.15) is 0 Å². The van der Waals surface area contributed by atoms with Crippen molar-refractivity contribution in [2.75, 3.05) is 32.8 Å².